The lowest BCUT2D eigenvalue weighted by molar-refractivity contribution is -0.155. The minimum Gasteiger partial charge on any atom is -0.497 e. The molecule has 3 rings (SSSR count). The van der Waals surface area contributed by atoms with E-state index in [1.807, 2.05) is 24.3 Å². The second kappa shape index (κ2) is 9.03. The van der Waals surface area contributed by atoms with Gasteiger partial charge in [0.15, 0.2) is 0 Å². The van der Waals surface area contributed by atoms with Crippen molar-refractivity contribution in [3.8, 4) is 11.5 Å². The Balaban J connectivity index is 1.76. The van der Waals surface area contributed by atoms with Crippen LogP contribution in [0.3, 0.4) is 0 Å². The molecule has 0 spiro atoms. The van der Waals surface area contributed by atoms with Crippen molar-refractivity contribution >= 4 is 16.0 Å². The first-order chi connectivity index (χ1) is 14.2. The molecule has 0 radical (unpaired) electrons. The third kappa shape index (κ3) is 4.75. The molecule has 2 aromatic rings. The van der Waals surface area contributed by atoms with E-state index in [4.69, 9.17) is 14.2 Å². The zero-order chi connectivity index (χ0) is 21.9. The second-order valence-corrected chi connectivity index (χ2v) is 9.01. The van der Waals surface area contributed by atoms with E-state index in [2.05, 4.69) is 0 Å². The van der Waals surface area contributed by atoms with Gasteiger partial charge in [0.2, 0.25) is 10.0 Å². The van der Waals surface area contributed by atoms with E-state index >= 15 is 0 Å². The smallest absolute Gasteiger partial charge is 0.324 e. The Kier molecular flexibility index (Phi) is 6.64. The lowest BCUT2D eigenvalue weighted by Gasteiger charge is -2.39. The summed E-state index contributed by atoms with van der Waals surface area (Å²) in [6.45, 7) is 3.54. The molecule has 0 amide bonds. The average molecular weight is 435 g/mol. The summed E-state index contributed by atoms with van der Waals surface area (Å²) in [5.74, 6) is -0.0222. The van der Waals surface area contributed by atoms with Crippen LogP contribution < -0.4 is 9.47 Å². The Hall–Kier alpha value is -2.62. The largest absolute Gasteiger partial charge is 0.497 e. The SMILES string of the molecule is COc1cccc(COc2ccc(S(=O)(=O)N3C[C@H](C)O[C@@H](C)[C@@H]3C(=O)O)cc2)c1. The molecule has 1 fully saturated rings. The van der Waals surface area contributed by atoms with Crippen LogP contribution in [0.15, 0.2) is 53.4 Å². The van der Waals surface area contributed by atoms with Gasteiger partial charge < -0.3 is 19.3 Å². The molecule has 8 nitrogen and oxygen atoms in total. The first kappa shape index (κ1) is 22.1. The Labute approximate surface area is 176 Å². The van der Waals surface area contributed by atoms with Crippen molar-refractivity contribution in [2.24, 2.45) is 0 Å². The van der Waals surface area contributed by atoms with Crippen LogP contribution in [0.1, 0.15) is 19.4 Å². The van der Waals surface area contributed by atoms with Crippen LogP contribution >= 0.6 is 0 Å². The number of carboxylic acids is 1. The summed E-state index contributed by atoms with van der Waals surface area (Å²) in [5, 5.41) is 9.52. The maximum Gasteiger partial charge on any atom is 0.324 e. The number of sulfonamides is 1. The van der Waals surface area contributed by atoms with Gasteiger partial charge in [-0.2, -0.15) is 4.31 Å². The molecule has 0 aliphatic carbocycles. The van der Waals surface area contributed by atoms with Gasteiger partial charge in [0, 0.05) is 6.54 Å². The maximum atomic E-state index is 13.1. The second-order valence-electron chi connectivity index (χ2n) is 7.12. The standard InChI is InChI=1S/C21H25NO7S/c1-14-12-22(20(21(23)24)15(2)29-14)30(25,26)19-9-7-17(8-10-19)28-13-16-5-4-6-18(11-16)27-3/h4-11,14-15,20H,12-13H2,1-3H3,(H,23,24)/t14-,15-,20+/m0/s1. The number of hydrogen-bond donors (Lipinski definition) is 1. The molecule has 1 saturated heterocycles. The van der Waals surface area contributed by atoms with Crippen molar-refractivity contribution in [3.63, 3.8) is 0 Å². The highest BCUT2D eigenvalue weighted by Crippen LogP contribution is 2.27. The molecule has 2 aromatic carbocycles. The highest BCUT2D eigenvalue weighted by Gasteiger charge is 2.44. The van der Waals surface area contributed by atoms with Crippen molar-refractivity contribution in [1.82, 2.24) is 4.31 Å². The van der Waals surface area contributed by atoms with E-state index in [9.17, 15) is 18.3 Å². The number of ether oxygens (including phenoxy) is 3. The number of hydrogen-bond acceptors (Lipinski definition) is 6. The van der Waals surface area contributed by atoms with Crippen LogP contribution in [0.25, 0.3) is 0 Å². The molecular weight excluding hydrogens is 410 g/mol. The van der Waals surface area contributed by atoms with Crippen molar-refractivity contribution < 1.29 is 32.5 Å². The predicted molar refractivity (Wildman–Crippen MR) is 109 cm³/mol. The Morgan fingerprint density at radius 1 is 1.17 bits per heavy atom. The van der Waals surface area contributed by atoms with Gasteiger partial charge in [0.1, 0.15) is 24.1 Å². The number of morpholine rings is 1. The van der Waals surface area contributed by atoms with E-state index in [1.165, 1.54) is 12.1 Å². The van der Waals surface area contributed by atoms with Crippen LogP contribution in [0.2, 0.25) is 0 Å². The molecular formula is C21H25NO7S. The fraction of sp³-hybridized carbons (Fsp3) is 0.381. The van der Waals surface area contributed by atoms with E-state index in [0.29, 0.717) is 12.4 Å². The lowest BCUT2D eigenvalue weighted by Crippen LogP contribution is -2.58. The summed E-state index contributed by atoms with van der Waals surface area (Å²) in [4.78, 5) is 11.7. The van der Waals surface area contributed by atoms with Crippen LogP contribution in [0, 0.1) is 0 Å². The predicted octanol–water partition coefficient (Wildman–Crippen LogP) is 2.53. The van der Waals surface area contributed by atoms with Crippen LogP contribution in [-0.4, -0.2) is 55.7 Å². The number of benzene rings is 2. The van der Waals surface area contributed by atoms with Gasteiger partial charge in [-0.25, -0.2) is 8.42 Å². The fourth-order valence-corrected chi connectivity index (χ4v) is 5.15. The number of methoxy groups -OCH3 is 1. The van der Waals surface area contributed by atoms with Gasteiger partial charge in [0.25, 0.3) is 0 Å². The first-order valence-corrected chi connectivity index (χ1v) is 10.9. The Morgan fingerprint density at radius 2 is 1.87 bits per heavy atom. The highest BCUT2D eigenvalue weighted by molar-refractivity contribution is 7.89. The molecule has 1 N–H and O–H groups in total. The zero-order valence-corrected chi connectivity index (χ0v) is 17.8. The summed E-state index contributed by atoms with van der Waals surface area (Å²) in [5.41, 5.74) is 0.909. The summed E-state index contributed by atoms with van der Waals surface area (Å²) < 4.78 is 43.6. The third-order valence-corrected chi connectivity index (χ3v) is 6.72. The van der Waals surface area contributed by atoms with Gasteiger partial charge in [-0.3, -0.25) is 4.79 Å². The molecule has 0 saturated carbocycles. The van der Waals surface area contributed by atoms with Crippen LogP contribution in [0.5, 0.6) is 11.5 Å². The molecule has 162 valence electrons. The molecule has 30 heavy (non-hydrogen) atoms. The average Bonchev–Trinajstić information content (AvgIpc) is 2.71. The van der Waals surface area contributed by atoms with Gasteiger partial charge in [-0.1, -0.05) is 12.1 Å². The van der Waals surface area contributed by atoms with Crippen molar-refractivity contribution in [1.29, 1.82) is 0 Å². The number of nitrogens with zero attached hydrogens (tertiary/aromatic N) is 1. The zero-order valence-electron chi connectivity index (χ0n) is 17.0. The van der Waals surface area contributed by atoms with Gasteiger partial charge in [-0.15, -0.1) is 0 Å². The molecule has 1 aliphatic heterocycles. The van der Waals surface area contributed by atoms with E-state index in [1.54, 1.807) is 33.1 Å². The Morgan fingerprint density at radius 3 is 2.50 bits per heavy atom. The van der Waals surface area contributed by atoms with Crippen LogP contribution in [-0.2, 0) is 26.2 Å². The topological polar surface area (TPSA) is 102 Å². The first-order valence-electron chi connectivity index (χ1n) is 9.48. The van der Waals surface area contributed by atoms with Gasteiger partial charge in [0.05, 0.1) is 24.2 Å². The normalized spacial score (nSPS) is 22.4. The monoisotopic (exact) mass is 435 g/mol. The van der Waals surface area contributed by atoms with E-state index < -0.39 is 34.2 Å². The number of aliphatic carboxylic acids is 1. The maximum absolute atomic E-state index is 13.1. The fourth-order valence-electron chi connectivity index (χ4n) is 3.43. The van der Waals surface area contributed by atoms with Crippen molar-refractivity contribution in [2.75, 3.05) is 13.7 Å². The number of rotatable bonds is 7. The summed E-state index contributed by atoms with van der Waals surface area (Å²) in [6, 6.07) is 12.1. The molecule has 0 unspecified atom stereocenters. The number of carboxylic acid groups (broad SMARTS) is 1. The molecule has 1 heterocycles. The van der Waals surface area contributed by atoms with E-state index in [0.717, 1.165) is 15.6 Å². The quantitative estimate of drug-likeness (QED) is 0.713. The minimum atomic E-state index is -4.01. The van der Waals surface area contributed by atoms with Crippen molar-refractivity contribution in [2.45, 2.75) is 43.6 Å². The van der Waals surface area contributed by atoms with E-state index in [-0.39, 0.29) is 11.4 Å². The third-order valence-electron chi connectivity index (χ3n) is 4.86. The lowest BCUT2D eigenvalue weighted by atomic mass is 10.1. The summed E-state index contributed by atoms with van der Waals surface area (Å²) in [7, 11) is -2.43. The minimum absolute atomic E-state index is 0.00350. The molecule has 1 aliphatic rings. The summed E-state index contributed by atoms with van der Waals surface area (Å²) >= 11 is 0. The molecule has 3 atom stereocenters. The number of carbonyl (C=O) groups is 1. The van der Waals surface area contributed by atoms with Crippen LogP contribution in [0.4, 0.5) is 0 Å². The van der Waals surface area contributed by atoms with Gasteiger partial charge in [-0.05, 0) is 55.8 Å². The molecule has 0 bridgehead atoms. The molecule has 0 aromatic heterocycles. The highest BCUT2D eigenvalue weighted by atomic mass is 32.2. The Bertz CT molecular complexity index is 991. The molecule has 9 heteroatoms. The van der Waals surface area contributed by atoms with Gasteiger partial charge >= 0.3 is 5.97 Å². The van der Waals surface area contributed by atoms with Crippen molar-refractivity contribution in [3.05, 3.63) is 54.1 Å². The summed E-state index contributed by atoms with van der Waals surface area (Å²) in [6.07, 6.45) is -1.16.